The van der Waals surface area contributed by atoms with Gasteiger partial charge in [-0.1, -0.05) is 0 Å². The zero-order valence-electron chi connectivity index (χ0n) is 5.42. The Morgan fingerprint density at radius 2 is 1.91 bits per heavy atom. The van der Waals surface area contributed by atoms with Gasteiger partial charge in [0.15, 0.2) is 0 Å². The predicted octanol–water partition coefficient (Wildman–Crippen LogP) is -0.218. The van der Waals surface area contributed by atoms with E-state index in [1.165, 1.54) is 0 Å². The van der Waals surface area contributed by atoms with E-state index in [0.29, 0.717) is 5.69 Å². The topological polar surface area (TPSA) is 65.7 Å². The van der Waals surface area contributed by atoms with Gasteiger partial charge in [0.25, 0.3) is 5.56 Å². The maximum absolute atomic E-state index is 10.8. The van der Waals surface area contributed by atoms with E-state index in [4.69, 9.17) is 0 Å². The second kappa shape index (κ2) is 3.19. The maximum atomic E-state index is 10.8. The monoisotopic (exact) mass is 190 g/mol. The summed E-state index contributed by atoms with van der Waals surface area (Å²) in [6, 6.07) is 0. The van der Waals surface area contributed by atoms with Gasteiger partial charge in [0.2, 0.25) is 0 Å². The zero-order valence-corrected chi connectivity index (χ0v) is 7.21. The summed E-state index contributed by atoms with van der Waals surface area (Å²) in [5.74, 6) is 0.290. The van der Waals surface area contributed by atoms with Crippen molar-refractivity contribution >= 4 is 25.3 Å². The molecule has 1 heterocycles. The number of aromatic amines is 2. The minimum atomic E-state index is -0.531. The fourth-order valence-corrected chi connectivity index (χ4v) is 1.19. The van der Waals surface area contributed by atoms with Gasteiger partial charge in [-0.05, 0) is 0 Å². The Hall–Kier alpha value is -0.620. The third-order valence-electron chi connectivity index (χ3n) is 1.15. The summed E-state index contributed by atoms with van der Waals surface area (Å²) in [7, 11) is 0. The van der Waals surface area contributed by atoms with Crippen LogP contribution in [0.15, 0.2) is 14.5 Å². The molecule has 0 saturated heterocycles. The lowest BCUT2D eigenvalue weighted by Gasteiger charge is -1.96. The first kappa shape index (κ1) is 8.48. The van der Waals surface area contributed by atoms with Crippen LogP contribution >= 0.6 is 25.3 Å². The maximum Gasteiger partial charge on any atom is 0.325 e. The molecule has 1 aromatic heterocycles. The van der Waals surface area contributed by atoms with E-state index in [-0.39, 0.29) is 10.6 Å². The van der Waals surface area contributed by atoms with Crippen LogP contribution in [0.2, 0.25) is 0 Å². The molecule has 6 heteroatoms. The molecule has 0 aliphatic carbocycles. The summed E-state index contributed by atoms with van der Waals surface area (Å²) in [4.78, 5) is 26.1. The molecule has 0 bridgehead atoms. The molecule has 0 aliphatic heterocycles. The van der Waals surface area contributed by atoms with E-state index in [9.17, 15) is 9.59 Å². The van der Waals surface area contributed by atoms with Gasteiger partial charge >= 0.3 is 5.69 Å². The van der Waals surface area contributed by atoms with E-state index in [1.807, 2.05) is 4.98 Å². The molecular formula is C5H6N2O2S2. The molecule has 0 amide bonds. The number of rotatable bonds is 1. The highest BCUT2D eigenvalue weighted by atomic mass is 32.1. The minimum absolute atomic E-state index is 0.208. The Morgan fingerprint density at radius 3 is 2.45 bits per heavy atom. The number of thiol groups is 2. The summed E-state index contributed by atoms with van der Waals surface area (Å²) in [6.45, 7) is 0. The second-order valence-electron chi connectivity index (χ2n) is 1.89. The number of nitrogens with one attached hydrogen (secondary N) is 2. The average Bonchev–Trinajstić information content (AvgIpc) is 1.96. The van der Waals surface area contributed by atoms with Crippen molar-refractivity contribution in [3.05, 3.63) is 26.5 Å². The van der Waals surface area contributed by atoms with Crippen LogP contribution in [0.25, 0.3) is 0 Å². The van der Waals surface area contributed by atoms with Gasteiger partial charge in [0.1, 0.15) is 0 Å². The molecule has 4 nitrogen and oxygen atoms in total. The van der Waals surface area contributed by atoms with Gasteiger partial charge in [-0.15, -0.1) is 12.6 Å². The lowest BCUT2D eigenvalue weighted by Crippen LogP contribution is -2.24. The molecule has 0 radical (unpaired) electrons. The Labute approximate surface area is 72.9 Å². The standard InChI is InChI=1S/C5H6N2O2S2/c8-4-3(11)2(1-10)6-5(9)7-4/h10-11H,1H2,(H2,6,7,8,9). The molecule has 0 unspecified atom stereocenters. The van der Waals surface area contributed by atoms with Crippen LogP contribution < -0.4 is 11.2 Å². The van der Waals surface area contributed by atoms with Gasteiger partial charge in [-0.3, -0.25) is 9.78 Å². The Morgan fingerprint density at radius 1 is 1.27 bits per heavy atom. The van der Waals surface area contributed by atoms with Crippen molar-refractivity contribution in [2.45, 2.75) is 10.6 Å². The lowest BCUT2D eigenvalue weighted by atomic mass is 10.4. The van der Waals surface area contributed by atoms with Crippen molar-refractivity contribution in [1.29, 1.82) is 0 Å². The van der Waals surface area contributed by atoms with Crippen molar-refractivity contribution in [1.82, 2.24) is 9.97 Å². The summed E-state index contributed by atoms with van der Waals surface area (Å²) in [6.07, 6.45) is 0. The SMILES string of the molecule is O=c1[nH]c(CS)c(S)c(=O)[nH]1. The molecule has 2 N–H and O–H groups in total. The van der Waals surface area contributed by atoms with Crippen LogP contribution in [0.4, 0.5) is 0 Å². The van der Waals surface area contributed by atoms with Crippen LogP contribution in [-0.2, 0) is 5.75 Å². The molecule has 60 valence electrons. The largest absolute Gasteiger partial charge is 0.325 e. The highest BCUT2D eigenvalue weighted by Gasteiger charge is 2.01. The van der Waals surface area contributed by atoms with Crippen LogP contribution in [0.5, 0.6) is 0 Å². The molecule has 0 atom stereocenters. The van der Waals surface area contributed by atoms with E-state index in [0.717, 1.165) is 0 Å². The number of hydrogen-bond donors (Lipinski definition) is 4. The summed E-state index contributed by atoms with van der Waals surface area (Å²) in [5.41, 5.74) is -0.580. The van der Waals surface area contributed by atoms with Crippen LogP contribution in [0, 0.1) is 0 Å². The molecular weight excluding hydrogens is 184 g/mol. The van der Waals surface area contributed by atoms with Crippen LogP contribution in [0.3, 0.4) is 0 Å². The highest BCUT2D eigenvalue weighted by Crippen LogP contribution is 2.04. The number of aromatic nitrogens is 2. The number of H-pyrrole nitrogens is 2. The minimum Gasteiger partial charge on any atom is -0.309 e. The Balaban J connectivity index is 3.49. The zero-order chi connectivity index (χ0) is 8.43. The van der Waals surface area contributed by atoms with Crippen molar-refractivity contribution in [2.75, 3.05) is 0 Å². The summed E-state index contributed by atoms with van der Waals surface area (Å²) in [5, 5.41) is 0. The summed E-state index contributed by atoms with van der Waals surface area (Å²) < 4.78 is 0. The Kier molecular flexibility index (Phi) is 2.45. The third kappa shape index (κ3) is 1.69. The molecule has 0 aromatic carbocycles. The Bertz CT molecular complexity index is 367. The fraction of sp³-hybridized carbons (Fsp3) is 0.200. The third-order valence-corrected chi connectivity index (χ3v) is 1.94. The average molecular weight is 190 g/mol. The fourth-order valence-electron chi connectivity index (χ4n) is 0.641. The van der Waals surface area contributed by atoms with E-state index < -0.39 is 11.2 Å². The van der Waals surface area contributed by atoms with Gasteiger partial charge in [-0.2, -0.15) is 12.6 Å². The first-order valence-electron chi connectivity index (χ1n) is 2.80. The van der Waals surface area contributed by atoms with Crippen molar-refractivity contribution in [2.24, 2.45) is 0 Å². The second-order valence-corrected chi connectivity index (χ2v) is 2.66. The number of hydrogen-bond acceptors (Lipinski definition) is 4. The van der Waals surface area contributed by atoms with Crippen molar-refractivity contribution in [3.63, 3.8) is 0 Å². The normalized spacial score (nSPS) is 10.0. The van der Waals surface area contributed by atoms with Crippen molar-refractivity contribution in [3.8, 4) is 0 Å². The van der Waals surface area contributed by atoms with Gasteiger partial charge in [0, 0.05) is 11.4 Å². The first-order valence-corrected chi connectivity index (χ1v) is 3.88. The van der Waals surface area contributed by atoms with E-state index in [1.54, 1.807) is 0 Å². The van der Waals surface area contributed by atoms with Gasteiger partial charge in [-0.25, -0.2) is 4.79 Å². The smallest absolute Gasteiger partial charge is 0.309 e. The molecule has 1 rings (SSSR count). The predicted molar refractivity (Wildman–Crippen MR) is 47.6 cm³/mol. The summed E-state index contributed by atoms with van der Waals surface area (Å²) >= 11 is 7.78. The lowest BCUT2D eigenvalue weighted by molar-refractivity contribution is 0.925. The van der Waals surface area contributed by atoms with E-state index >= 15 is 0 Å². The molecule has 0 spiro atoms. The molecule has 11 heavy (non-hydrogen) atoms. The molecule has 0 saturated carbocycles. The first-order chi connectivity index (χ1) is 5.15. The quantitative estimate of drug-likeness (QED) is 0.463. The molecule has 1 aromatic rings. The highest BCUT2D eigenvalue weighted by molar-refractivity contribution is 7.80. The van der Waals surface area contributed by atoms with Gasteiger partial charge in [0.05, 0.1) is 4.90 Å². The van der Waals surface area contributed by atoms with E-state index in [2.05, 4.69) is 30.2 Å². The molecule has 0 fully saturated rings. The van der Waals surface area contributed by atoms with Crippen molar-refractivity contribution < 1.29 is 0 Å². The van der Waals surface area contributed by atoms with Gasteiger partial charge < -0.3 is 4.98 Å². The molecule has 0 aliphatic rings. The van der Waals surface area contributed by atoms with Crippen LogP contribution in [0.1, 0.15) is 5.69 Å². The van der Waals surface area contributed by atoms with Crippen LogP contribution in [-0.4, -0.2) is 9.97 Å².